The van der Waals surface area contributed by atoms with Gasteiger partial charge in [-0.15, -0.1) is 0 Å². The Hall–Kier alpha value is -0.580. The molecule has 6 nitrogen and oxygen atoms in total. The second kappa shape index (κ2) is 3.71. The summed E-state index contributed by atoms with van der Waals surface area (Å²) >= 11 is 0. The Labute approximate surface area is 63.8 Å². The molecule has 0 atom stereocenters. The molecule has 7 heteroatoms. The van der Waals surface area contributed by atoms with Crippen molar-refractivity contribution in [3.05, 3.63) is 0 Å². The van der Waals surface area contributed by atoms with Crippen molar-refractivity contribution in [3.63, 3.8) is 0 Å². The molecule has 0 heterocycles. The van der Waals surface area contributed by atoms with E-state index in [0.717, 1.165) is 0 Å². The lowest BCUT2D eigenvalue weighted by Gasteiger charge is -2.09. The maximum absolute atomic E-state index is 10.4. The number of hydrogen-bond acceptors (Lipinski definition) is 3. The fraction of sp³-hybridized carbons (Fsp3) is 0.750. The second-order valence-corrected chi connectivity index (χ2v) is 3.42. The van der Waals surface area contributed by atoms with Gasteiger partial charge in [-0.3, -0.25) is 0 Å². The number of carbonyl (C=O) groups is 1. The standard InChI is InChI=1S/C4H10NO5P/c1-3(2)10-4(6)5-11(7,8)9/h3H,1-2H3,(H3,5,6,7,8,9). The Morgan fingerprint density at radius 2 is 2.00 bits per heavy atom. The summed E-state index contributed by atoms with van der Waals surface area (Å²) in [4.78, 5) is 26.8. The van der Waals surface area contributed by atoms with Gasteiger partial charge in [0.05, 0.1) is 6.10 Å². The number of nitrogens with one attached hydrogen (secondary N) is 1. The van der Waals surface area contributed by atoms with Crippen LogP contribution in [0.25, 0.3) is 0 Å². The van der Waals surface area contributed by atoms with E-state index < -0.39 is 19.9 Å². The van der Waals surface area contributed by atoms with Crippen LogP contribution in [-0.4, -0.2) is 22.0 Å². The predicted molar refractivity (Wildman–Crippen MR) is 36.8 cm³/mol. The summed E-state index contributed by atoms with van der Waals surface area (Å²) in [6.07, 6.45) is -1.52. The molecule has 0 aromatic carbocycles. The summed E-state index contributed by atoms with van der Waals surface area (Å²) in [6.45, 7) is 3.14. The molecule has 0 aliphatic carbocycles. The van der Waals surface area contributed by atoms with Crippen molar-refractivity contribution >= 4 is 13.8 Å². The third-order valence-electron chi connectivity index (χ3n) is 0.580. The molecule has 0 aliphatic heterocycles. The highest BCUT2D eigenvalue weighted by molar-refractivity contribution is 7.50. The number of rotatable bonds is 2. The fourth-order valence-electron chi connectivity index (χ4n) is 0.359. The lowest BCUT2D eigenvalue weighted by atomic mass is 10.5. The summed E-state index contributed by atoms with van der Waals surface area (Å²) in [5.74, 6) is 0. The molecule has 0 saturated heterocycles. The molecule has 66 valence electrons. The molecule has 0 fully saturated rings. The summed E-state index contributed by atoms with van der Waals surface area (Å²) in [7, 11) is -4.50. The third kappa shape index (κ3) is 7.32. The van der Waals surface area contributed by atoms with Crippen LogP contribution in [-0.2, 0) is 9.30 Å². The number of amides is 1. The molecule has 0 rings (SSSR count). The smallest absolute Gasteiger partial charge is 0.432 e. The number of hydrogen-bond donors (Lipinski definition) is 3. The molecular formula is C4H10NO5P. The van der Waals surface area contributed by atoms with Gasteiger partial charge in [-0.2, -0.15) is 0 Å². The molecule has 0 saturated carbocycles. The van der Waals surface area contributed by atoms with E-state index in [2.05, 4.69) is 4.74 Å². The van der Waals surface area contributed by atoms with Crippen molar-refractivity contribution in [2.45, 2.75) is 20.0 Å². The number of carbonyl (C=O) groups excluding carboxylic acids is 1. The van der Waals surface area contributed by atoms with Gasteiger partial charge in [0, 0.05) is 0 Å². The Balaban J connectivity index is 3.80. The van der Waals surface area contributed by atoms with E-state index in [0.29, 0.717) is 0 Å². The van der Waals surface area contributed by atoms with Crippen LogP contribution in [0.3, 0.4) is 0 Å². The summed E-state index contributed by atoms with van der Waals surface area (Å²) in [5.41, 5.74) is 0. The highest BCUT2D eigenvalue weighted by Crippen LogP contribution is 2.27. The molecule has 0 radical (unpaired) electrons. The van der Waals surface area contributed by atoms with Crippen LogP contribution in [0.5, 0.6) is 0 Å². The van der Waals surface area contributed by atoms with E-state index in [1.807, 2.05) is 0 Å². The topological polar surface area (TPSA) is 95.9 Å². The summed E-state index contributed by atoms with van der Waals surface area (Å²) in [5, 5.41) is 1.36. The van der Waals surface area contributed by atoms with E-state index in [-0.39, 0.29) is 0 Å². The first-order chi connectivity index (χ1) is 4.81. The molecule has 0 bridgehead atoms. The van der Waals surface area contributed by atoms with E-state index in [4.69, 9.17) is 9.79 Å². The van der Waals surface area contributed by atoms with Crippen molar-refractivity contribution in [1.29, 1.82) is 0 Å². The predicted octanol–water partition coefficient (Wildman–Crippen LogP) is 0.214. The van der Waals surface area contributed by atoms with Crippen LogP contribution in [0.1, 0.15) is 13.8 Å². The van der Waals surface area contributed by atoms with Crippen LogP contribution in [0.2, 0.25) is 0 Å². The highest BCUT2D eigenvalue weighted by atomic mass is 31.2. The Bertz CT molecular complexity index is 185. The van der Waals surface area contributed by atoms with Gasteiger partial charge in [0.15, 0.2) is 0 Å². The zero-order valence-electron chi connectivity index (χ0n) is 6.14. The monoisotopic (exact) mass is 183 g/mol. The van der Waals surface area contributed by atoms with Crippen LogP contribution in [0, 0.1) is 0 Å². The van der Waals surface area contributed by atoms with Crippen molar-refractivity contribution in [2.75, 3.05) is 0 Å². The fourth-order valence-corrected chi connectivity index (χ4v) is 0.650. The van der Waals surface area contributed by atoms with Gasteiger partial charge in [-0.05, 0) is 13.8 Å². The maximum Gasteiger partial charge on any atom is 0.432 e. The van der Waals surface area contributed by atoms with E-state index in [1.165, 1.54) is 5.09 Å². The van der Waals surface area contributed by atoms with Gasteiger partial charge in [-0.1, -0.05) is 0 Å². The Kier molecular flexibility index (Phi) is 3.51. The lowest BCUT2D eigenvalue weighted by molar-refractivity contribution is 0.119. The zero-order chi connectivity index (χ0) is 9.07. The lowest BCUT2D eigenvalue weighted by Crippen LogP contribution is -2.23. The Morgan fingerprint density at radius 1 is 1.55 bits per heavy atom. The first kappa shape index (κ1) is 10.4. The van der Waals surface area contributed by atoms with Crippen LogP contribution in [0.4, 0.5) is 4.79 Å². The van der Waals surface area contributed by atoms with E-state index >= 15 is 0 Å². The first-order valence-corrected chi connectivity index (χ1v) is 4.47. The molecule has 0 unspecified atom stereocenters. The molecule has 1 amide bonds. The summed E-state index contributed by atoms with van der Waals surface area (Å²) < 4.78 is 14.5. The van der Waals surface area contributed by atoms with Crippen molar-refractivity contribution in [1.82, 2.24) is 5.09 Å². The zero-order valence-corrected chi connectivity index (χ0v) is 7.04. The van der Waals surface area contributed by atoms with E-state index in [1.54, 1.807) is 13.8 Å². The molecule has 0 aromatic heterocycles. The SMILES string of the molecule is CC(C)OC(=O)NP(=O)(O)O. The maximum atomic E-state index is 10.4. The summed E-state index contributed by atoms with van der Waals surface area (Å²) in [6, 6.07) is 0. The normalized spacial score (nSPS) is 11.4. The van der Waals surface area contributed by atoms with Crippen molar-refractivity contribution in [3.8, 4) is 0 Å². The molecule has 11 heavy (non-hydrogen) atoms. The van der Waals surface area contributed by atoms with Gasteiger partial charge < -0.3 is 14.5 Å². The van der Waals surface area contributed by atoms with Gasteiger partial charge in [-0.25, -0.2) is 14.4 Å². The quantitative estimate of drug-likeness (QED) is 0.532. The van der Waals surface area contributed by atoms with Gasteiger partial charge in [0.25, 0.3) is 0 Å². The molecule has 3 N–H and O–H groups in total. The minimum Gasteiger partial charge on any atom is -0.447 e. The number of ether oxygens (including phenoxy) is 1. The van der Waals surface area contributed by atoms with Crippen LogP contribution >= 0.6 is 7.75 Å². The molecular weight excluding hydrogens is 173 g/mol. The van der Waals surface area contributed by atoms with Crippen LogP contribution in [0.15, 0.2) is 0 Å². The highest BCUT2D eigenvalue weighted by Gasteiger charge is 2.18. The Morgan fingerprint density at radius 3 is 2.27 bits per heavy atom. The largest absolute Gasteiger partial charge is 0.447 e. The van der Waals surface area contributed by atoms with Gasteiger partial charge in [0.2, 0.25) is 0 Å². The third-order valence-corrected chi connectivity index (χ3v) is 1.05. The average molecular weight is 183 g/mol. The minimum atomic E-state index is -4.50. The molecule has 0 spiro atoms. The van der Waals surface area contributed by atoms with Gasteiger partial charge >= 0.3 is 13.8 Å². The van der Waals surface area contributed by atoms with Crippen LogP contribution < -0.4 is 5.09 Å². The van der Waals surface area contributed by atoms with E-state index in [9.17, 15) is 9.36 Å². The second-order valence-electron chi connectivity index (χ2n) is 2.11. The minimum absolute atomic E-state index is 0.401. The van der Waals surface area contributed by atoms with Crippen molar-refractivity contribution in [2.24, 2.45) is 0 Å². The molecule has 0 aromatic rings. The molecule has 0 aliphatic rings. The first-order valence-electron chi connectivity index (χ1n) is 2.85. The van der Waals surface area contributed by atoms with Gasteiger partial charge in [0.1, 0.15) is 0 Å². The van der Waals surface area contributed by atoms with Crippen molar-refractivity contribution < 1.29 is 23.9 Å². The average Bonchev–Trinajstić information content (AvgIpc) is 1.53.